The van der Waals surface area contributed by atoms with Gasteiger partial charge in [0.15, 0.2) is 0 Å². The van der Waals surface area contributed by atoms with E-state index in [1.54, 1.807) is 7.11 Å². The molecule has 0 aliphatic heterocycles. The topological polar surface area (TPSA) is 55.4 Å². The van der Waals surface area contributed by atoms with E-state index in [0.29, 0.717) is 19.8 Å². The van der Waals surface area contributed by atoms with Gasteiger partial charge in [0.1, 0.15) is 40.1 Å². The van der Waals surface area contributed by atoms with Crippen molar-refractivity contribution in [2.75, 3.05) is 26.9 Å². The van der Waals surface area contributed by atoms with Crippen molar-refractivity contribution < 1.29 is 28.4 Å². The number of methoxy groups -OCH3 is 1. The zero-order valence-electron chi connectivity index (χ0n) is 72.7. The Balaban J connectivity index is 0.000000184. The molecule has 0 saturated heterocycles. The molecular weight excluding hydrogens is 1350 g/mol. The molecule has 0 N–H and O–H groups in total. The predicted molar refractivity (Wildman–Crippen MR) is 480 cm³/mol. The first kappa shape index (κ1) is 88.2. The molecule has 0 fully saturated rings. The van der Waals surface area contributed by atoms with Crippen LogP contribution in [-0.2, 0) is 32.5 Å². The fourth-order valence-corrected chi connectivity index (χ4v) is 14.1. The summed E-state index contributed by atoms with van der Waals surface area (Å²) in [5, 5.41) is 15.3. The third-order valence-corrected chi connectivity index (χ3v) is 22.8. The second-order valence-electron chi connectivity index (χ2n) is 34.3. The monoisotopic (exact) mass is 1480 g/mol. The summed E-state index contributed by atoms with van der Waals surface area (Å²) in [5.41, 5.74) is 9.23. The molecule has 0 radical (unpaired) electrons. The zero-order valence-corrected chi connectivity index (χ0v) is 72.7. The molecule has 0 aromatic heterocycles. The summed E-state index contributed by atoms with van der Waals surface area (Å²) in [6, 6.07) is 77.1. The largest absolute Gasteiger partial charge is 0.496 e. The van der Waals surface area contributed by atoms with Crippen LogP contribution in [0.4, 0.5) is 0 Å². The van der Waals surface area contributed by atoms with Gasteiger partial charge in [0.05, 0.1) is 33.0 Å². The molecule has 0 spiro atoms. The van der Waals surface area contributed by atoms with Gasteiger partial charge < -0.3 is 28.4 Å². The minimum absolute atomic E-state index is 0.130. The lowest BCUT2D eigenvalue weighted by Crippen LogP contribution is -2.23. The van der Waals surface area contributed by atoms with Gasteiger partial charge in [-0.3, -0.25) is 0 Å². The molecule has 0 unspecified atom stereocenters. The van der Waals surface area contributed by atoms with Gasteiger partial charge in [-0.25, -0.2) is 0 Å². The Morgan fingerprint density at radius 2 is 0.573 bits per heavy atom. The van der Waals surface area contributed by atoms with E-state index < -0.39 is 0 Å². The molecule has 0 amide bonds. The zero-order chi connectivity index (χ0) is 81.0. The summed E-state index contributed by atoms with van der Waals surface area (Å²) >= 11 is 0. The summed E-state index contributed by atoms with van der Waals surface area (Å²) < 4.78 is 34.7. The second-order valence-corrected chi connectivity index (χ2v) is 34.3. The third kappa shape index (κ3) is 22.0. The number of hydrogen-bond acceptors (Lipinski definition) is 6. The molecule has 12 aromatic carbocycles. The standard InChI is InChI=1S/C19H26O.C18H24O.3C17H22O.C16H20O/c1-7-19(5,6)16-12-13-17(20-18(2,3)4)15-11-9-8-10-14(15)16;1-6-18(4,5)16-11-12-17(19-13(2)3)15-10-8-7-9-14(15)16;1-5-17(3,4)16-12-14(18-6-2)11-13-9-7-8-10-15(13)16;1-5-17(3,4)15-11-12-16(18-6-2)14-10-8-7-9-13(14)15;1-5-17(3,4)16-14-10-8-7-9-13(14)11-12-15(16)18-6-2;1-5-16(2,3)14-10-11-15(17-4)13-9-7-6-8-12(13)14/h8-13H,7H2,1-6H3;7-13H,6H2,1-5H3;3*7-12H,5-6H2,1-4H3;6-11H,5H2,1-4H3. The maximum absolute atomic E-state index is 6.12. The van der Waals surface area contributed by atoms with E-state index in [0.717, 1.165) is 73.0 Å². The van der Waals surface area contributed by atoms with Crippen LogP contribution in [-0.4, -0.2) is 38.6 Å². The maximum atomic E-state index is 6.12. The van der Waals surface area contributed by atoms with Crippen molar-refractivity contribution in [1.82, 2.24) is 0 Å². The van der Waals surface area contributed by atoms with E-state index >= 15 is 0 Å². The van der Waals surface area contributed by atoms with Crippen LogP contribution in [0.2, 0.25) is 0 Å². The SMILES string of the molecule is CCC(C)(C)c1ccc(OC(C)(C)C)c2ccccc12.CCC(C)(C)c1ccc(OC(C)C)c2ccccc12.CCC(C)(C)c1ccc(OC)c2ccccc12.CCOc1cc(C(C)(C)CC)c2ccccc2c1.CCOc1ccc(C(C)(C)CC)c2ccccc12.CCOc1ccc2ccccc2c1C(C)(C)CC. The third-order valence-electron chi connectivity index (χ3n) is 22.8. The Morgan fingerprint density at radius 1 is 0.264 bits per heavy atom. The molecule has 0 aliphatic rings. The van der Waals surface area contributed by atoms with Gasteiger partial charge in [0.25, 0.3) is 0 Å². The lowest BCUT2D eigenvalue weighted by atomic mass is 9.79. The summed E-state index contributed by atoms with van der Waals surface area (Å²) in [6.45, 7) is 59.6. The van der Waals surface area contributed by atoms with Crippen molar-refractivity contribution in [2.45, 2.75) is 263 Å². The van der Waals surface area contributed by atoms with E-state index in [9.17, 15) is 0 Å². The van der Waals surface area contributed by atoms with Crippen molar-refractivity contribution in [3.63, 3.8) is 0 Å². The lowest BCUT2D eigenvalue weighted by Gasteiger charge is -2.28. The average Bonchev–Trinajstić information content (AvgIpc) is 0.790. The molecule has 6 nitrogen and oxygen atoms in total. The van der Waals surface area contributed by atoms with Gasteiger partial charge in [0, 0.05) is 27.1 Å². The molecule has 12 rings (SSSR count). The van der Waals surface area contributed by atoms with E-state index in [-0.39, 0.29) is 44.2 Å². The van der Waals surface area contributed by atoms with E-state index in [2.05, 4.69) is 378 Å². The Bertz CT molecular complexity index is 4910. The van der Waals surface area contributed by atoms with Gasteiger partial charge in [-0.2, -0.15) is 0 Å². The van der Waals surface area contributed by atoms with Gasteiger partial charge in [-0.05, 0) is 240 Å². The Labute approximate surface area is 665 Å². The second kappa shape index (κ2) is 38.8. The van der Waals surface area contributed by atoms with Gasteiger partial charge in [-0.1, -0.05) is 301 Å². The van der Waals surface area contributed by atoms with Gasteiger partial charge in [0.2, 0.25) is 0 Å². The van der Waals surface area contributed by atoms with Crippen LogP contribution < -0.4 is 28.4 Å². The number of benzene rings is 12. The summed E-state index contributed by atoms with van der Waals surface area (Å²) in [7, 11) is 1.73. The van der Waals surface area contributed by atoms with Crippen molar-refractivity contribution in [2.24, 2.45) is 0 Å². The van der Waals surface area contributed by atoms with Crippen molar-refractivity contribution >= 4 is 64.6 Å². The number of rotatable bonds is 22. The molecular formula is C104H136O6. The summed E-state index contributed by atoms with van der Waals surface area (Å²) in [5.74, 6) is 5.92. The Morgan fingerprint density at radius 3 is 0.964 bits per heavy atom. The first-order chi connectivity index (χ1) is 52.1. The van der Waals surface area contributed by atoms with Crippen LogP contribution in [0.15, 0.2) is 218 Å². The Kier molecular flexibility index (Phi) is 31.1. The minimum atomic E-state index is -0.176. The fraction of sp³-hybridized carbons (Fsp3) is 0.423. The van der Waals surface area contributed by atoms with Crippen LogP contribution >= 0.6 is 0 Å². The first-order valence-electron chi connectivity index (χ1n) is 41.0. The van der Waals surface area contributed by atoms with Crippen molar-refractivity contribution in [1.29, 1.82) is 0 Å². The van der Waals surface area contributed by atoms with E-state index in [1.807, 2.05) is 20.8 Å². The van der Waals surface area contributed by atoms with Crippen LogP contribution in [0, 0.1) is 0 Å². The van der Waals surface area contributed by atoms with Crippen LogP contribution in [0.3, 0.4) is 0 Å². The van der Waals surface area contributed by atoms with Gasteiger partial charge >= 0.3 is 0 Å². The highest BCUT2D eigenvalue weighted by Gasteiger charge is 2.29. The molecule has 0 atom stereocenters. The molecule has 0 bridgehead atoms. The van der Waals surface area contributed by atoms with Crippen LogP contribution in [0.5, 0.6) is 34.5 Å². The highest BCUT2D eigenvalue weighted by Crippen LogP contribution is 2.44. The van der Waals surface area contributed by atoms with Gasteiger partial charge in [-0.15, -0.1) is 0 Å². The molecule has 588 valence electrons. The maximum Gasteiger partial charge on any atom is 0.127 e. The van der Waals surface area contributed by atoms with Crippen molar-refractivity contribution in [3.05, 3.63) is 252 Å². The Hall–Kier alpha value is -9.00. The molecule has 0 heterocycles. The first-order valence-corrected chi connectivity index (χ1v) is 41.0. The van der Waals surface area contributed by atoms with Crippen molar-refractivity contribution in [3.8, 4) is 34.5 Å². The van der Waals surface area contributed by atoms with Crippen LogP contribution in [0.1, 0.15) is 252 Å². The lowest BCUT2D eigenvalue weighted by molar-refractivity contribution is 0.133. The molecule has 0 saturated carbocycles. The normalized spacial score (nSPS) is 12.0. The smallest absolute Gasteiger partial charge is 0.127 e. The molecule has 12 aromatic rings. The number of fused-ring (bicyclic) bond motifs is 6. The molecule has 110 heavy (non-hydrogen) atoms. The van der Waals surface area contributed by atoms with Crippen LogP contribution in [0.25, 0.3) is 64.6 Å². The number of ether oxygens (including phenoxy) is 6. The summed E-state index contributed by atoms with van der Waals surface area (Å²) in [6.07, 6.45) is 6.92. The molecule has 6 heteroatoms. The number of hydrogen-bond donors (Lipinski definition) is 0. The highest BCUT2D eigenvalue weighted by molar-refractivity contribution is 5.95. The summed E-state index contributed by atoms with van der Waals surface area (Å²) in [4.78, 5) is 0. The van der Waals surface area contributed by atoms with E-state index in [1.165, 1.54) is 98.0 Å². The minimum Gasteiger partial charge on any atom is -0.496 e. The predicted octanol–water partition coefficient (Wildman–Crippen LogP) is 30.3. The highest BCUT2D eigenvalue weighted by atomic mass is 16.5. The van der Waals surface area contributed by atoms with E-state index in [4.69, 9.17) is 28.4 Å². The average molecular weight is 1480 g/mol. The molecule has 0 aliphatic carbocycles. The quantitative estimate of drug-likeness (QED) is 0.0674. The fourth-order valence-electron chi connectivity index (χ4n) is 14.1.